The molecule has 0 saturated heterocycles. The Morgan fingerprint density at radius 1 is 1.50 bits per heavy atom. The predicted molar refractivity (Wildman–Crippen MR) is 64.4 cm³/mol. The highest BCUT2D eigenvalue weighted by molar-refractivity contribution is 7.99. The molecule has 0 aliphatic carbocycles. The minimum Gasteiger partial charge on any atom is -0.437 e. The highest BCUT2D eigenvalue weighted by Crippen LogP contribution is 2.20. The van der Waals surface area contributed by atoms with Crippen molar-refractivity contribution in [2.24, 2.45) is 0 Å². The van der Waals surface area contributed by atoms with E-state index in [9.17, 15) is 0 Å². The summed E-state index contributed by atoms with van der Waals surface area (Å²) in [6, 6.07) is 2.36. The number of aromatic nitrogens is 1. The Morgan fingerprint density at radius 3 is 2.62 bits per heavy atom. The molecule has 0 aliphatic rings. The highest BCUT2D eigenvalue weighted by Gasteiger charge is 2.12. The number of nitrogens with one attached hydrogen (secondary N) is 1. The fourth-order valence-electron chi connectivity index (χ4n) is 1.18. The van der Waals surface area contributed by atoms with Crippen LogP contribution in [-0.4, -0.2) is 22.8 Å². The lowest BCUT2D eigenvalue weighted by molar-refractivity contribution is 0.430. The maximum atomic E-state index is 8.94. The van der Waals surface area contributed by atoms with Crippen LogP contribution in [0.25, 0.3) is 0 Å². The maximum absolute atomic E-state index is 8.94. The van der Waals surface area contributed by atoms with Crippen LogP contribution in [0.3, 0.4) is 0 Å². The van der Waals surface area contributed by atoms with Crippen LogP contribution in [0, 0.1) is 25.2 Å². The lowest BCUT2D eigenvalue weighted by atomic mass is 10.3. The molecule has 1 N–H and O–H groups in total. The second-order valence-corrected chi connectivity index (χ2v) is 4.91. The van der Waals surface area contributed by atoms with E-state index < -0.39 is 0 Å². The van der Waals surface area contributed by atoms with Gasteiger partial charge in [-0.1, -0.05) is 11.8 Å². The van der Waals surface area contributed by atoms with Crippen LogP contribution in [0.5, 0.6) is 0 Å². The van der Waals surface area contributed by atoms with Crippen molar-refractivity contribution in [3.05, 3.63) is 11.5 Å². The van der Waals surface area contributed by atoms with Crippen LogP contribution < -0.4 is 5.32 Å². The first-order valence-corrected chi connectivity index (χ1v) is 6.24. The van der Waals surface area contributed by atoms with Crippen molar-refractivity contribution in [1.82, 2.24) is 10.3 Å². The summed E-state index contributed by atoms with van der Waals surface area (Å²) in [5, 5.41) is 12.7. The number of nitrogens with zero attached hydrogens (tertiary/aromatic N) is 2. The highest BCUT2D eigenvalue weighted by atomic mass is 32.2. The quantitative estimate of drug-likeness (QED) is 0.799. The third-order valence-electron chi connectivity index (χ3n) is 2.07. The Labute approximate surface area is 100 Å². The van der Waals surface area contributed by atoms with Gasteiger partial charge in [-0.2, -0.15) is 5.26 Å². The van der Waals surface area contributed by atoms with Crippen molar-refractivity contribution < 1.29 is 4.42 Å². The summed E-state index contributed by atoms with van der Waals surface area (Å²) in [6.07, 6.45) is 0. The Balaban J connectivity index is 2.47. The lowest BCUT2D eigenvalue weighted by Crippen LogP contribution is -2.35. The average Bonchev–Trinajstić information content (AvgIpc) is 2.53. The predicted octanol–water partition coefficient (Wildman–Crippen LogP) is 2.27. The van der Waals surface area contributed by atoms with Crippen LogP contribution in [-0.2, 0) is 0 Å². The molecular formula is C11H17N3OS. The van der Waals surface area contributed by atoms with Gasteiger partial charge in [-0.05, 0) is 27.7 Å². The molecule has 0 aromatic carbocycles. The molecule has 88 valence electrons. The number of aryl methyl sites for hydroxylation is 2. The van der Waals surface area contributed by atoms with E-state index in [-0.39, 0.29) is 6.04 Å². The Kier molecular flexibility index (Phi) is 4.84. The first kappa shape index (κ1) is 13.1. The van der Waals surface area contributed by atoms with Gasteiger partial charge in [0.05, 0.1) is 11.8 Å². The number of hydrogen-bond acceptors (Lipinski definition) is 5. The standard InChI is InChI=1S/C11H17N3OS/c1-7(2)13-10(5-12)6-16-11-14-8(3)9(4)15-11/h7,10,13H,6H2,1-4H3. The third kappa shape index (κ3) is 3.87. The summed E-state index contributed by atoms with van der Waals surface area (Å²) in [5.74, 6) is 1.49. The number of oxazole rings is 1. The Hall–Kier alpha value is -0.990. The third-order valence-corrected chi connectivity index (χ3v) is 2.99. The molecule has 1 rings (SSSR count). The Bertz CT molecular complexity index is 362. The first-order valence-electron chi connectivity index (χ1n) is 5.25. The summed E-state index contributed by atoms with van der Waals surface area (Å²) in [7, 11) is 0. The minimum absolute atomic E-state index is 0.169. The monoisotopic (exact) mass is 239 g/mol. The summed E-state index contributed by atoms with van der Waals surface area (Å²) in [5.41, 5.74) is 0.910. The van der Waals surface area contributed by atoms with Crippen molar-refractivity contribution in [3.63, 3.8) is 0 Å². The fourth-order valence-corrected chi connectivity index (χ4v) is 2.05. The molecule has 0 radical (unpaired) electrons. The molecule has 16 heavy (non-hydrogen) atoms. The van der Waals surface area contributed by atoms with Gasteiger partial charge in [-0.3, -0.25) is 5.32 Å². The first-order chi connectivity index (χ1) is 7.52. The van der Waals surface area contributed by atoms with Gasteiger partial charge in [-0.25, -0.2) is 4.98 Å². The summed E-state index contributed by atoms with van der Waals surface area (Å²) >= 11 is 1.47. The normalized spacial score (nSPS) is 12.8. The molecule has 0 amide bonds. The summed E-state index contributed by atoms with van der Waals surface area (Å²) in [6.45, 7) is 7.85. The van der Waals surface area contributed by atoms with Gasteiger partial charge in [0.25, 0.3) is 5.22 Å². The number of nitriles is 1. The molecule has 0 bridgehead atoms. The molecule has 1 heterocycles. The second-order valence-electron chi connectivity index (χ2n) is 3.94. The van der Waals surface area contributed by atoms with Gasteiger partial charge in [0, 0.05) is 11.8 Å². The van der Waals surface area contributed by atoms with Gasteiger partial charge in [-0.15, -0.1) is 0 Å². The van der Waals surface area contributed by atoms with Crippen LogP contribution in [0.15, 0.2) is 9.64 Å². The van der Waals surface area contributed by atoms with Crippen molar-refractivity contribution in [1.29, 1.82) is 5.26 Å². The zero-order chi connectivity index (χ0) is 12.1. The molecule has 0 aliphatic heterocycles. The smallest absolute Gasteiger partial charge is 0.256 e. The van der Waals surface area contributed by atoms with Crippen LogP contribution in [0.4, 0.5) is 0 Å². The van der Waals surface area contributed by atoms with Gasteiger partial charge in [0.1, 0.15) is 11.8 Å². The topological polar surface area (TPSA) is 61.9 Å². The van der Waals surface area contributed by atoms with Crippen molar-refractivity contribution in [2.45, 2.75) is 45.0 Å². The van der Waals surface area contributed by atoms with E-state index in [2.05, 4.69) is 16.4 Å². The number of hydrogen-bond donors (Lipinski definition) is 1. The van der Waals surface area contributed by atoms with E-state index in [0.717, 1.165) is 11.5 Å². The second kappa shape index (κ2) is 5.92. The molecule has 0 saturated carbocycles. The number of rotatable bonds is 5. The van der Waals surface area contributed by atoms with Gasteiger partial charge in [0.2, 0.25) is 0 Å². The van der Waals surface area contributed by atoms with E-state index in [1.54, 1.807) is 0 Å². The van der Waals surface area contributed by atoms with Crippen molar-refractivity contribution in [3.8, 4) is 6.07 Å². The molecule has 5 heteroatoms. The van der Waals surface area contributed by atoms with E-state index in [1.165, 1.54) is 11.8 Å². The van der Waals surface area contributed by atoms with E-state index in [4.69, 9.17) is 9.68 Å². The van der Waals surface area contributed by atoms with Gasteiger partial charge >= 0.3 is 0 Å². The van der Waals surface area contributed by atoms with Crippen LogP contribution >= 0.6 is 11.8 Å². The van der Waals surface area contributed by atoms with Gasteiger partial charge in [0.15, 0.2) is 0 Å². The largest absolute Gasteiger partial charge is 0.437 e. The maximum Gasteiger partial charge on any atom is 0.256 e. The average molecular weight is 239 g/mol. The van der Waals surface area contributed by atoms with Crippen molar-refractivity contribution >= 4 is 11.8 Å². The van der Waals surface area contributed by atoms with E-state index >= 15 is 0 Å². The van der Waals surface area contributed by atoms with Crippen LogP contribution in [0.2, 0.25) is 0 Å². The number of thioether (sulfide) groups is 1. The zero-order valence-electron chi connectivity index (χ0n) is 10.1. The molecule has 1 aromatic heterocycles. The molecule has 1 aromatic rings. The summed E-state index contributed by atoms with van der Waals surface area (Å²) < 4.78 is 5.43. The van der Waals surface area contributed by atoms with E-state index in [1.807, 2.05) is 27.7 Å². The van der Waals surface area contributed by atoms with Gasteiger partial charge < -0.3 is 4.42 Å². The SMILES string of the molecule is Cc1nc(SCC(C#N)NC(C)C)oc1C. The minimum atomic E-state index is -0.169. The fraction of sp³-hybridized carbons (Fsp3) is 0.636. The van der Waals surface area contributed by atoms with Crippen LogP contribution in [0.1, 0.15) is 25.3 Å². The molecule has 1 unspecified atom stereocenters. The summed E-state index contributed by atoms with van der Waals surface area (Å²) in [4.78, 5) is 4.25. The van der Waals surface area contributed by atoms with E-state index in [0.29, 0.717) is 17.0 Å². The molecular weight excluding hydrogens is 222 g/mol. The molecule has 1 atom stereocenters. The molecule has 0 spiro atoms. The lowest BCUT2D eigenvalue weighted by Gasteiger charge is -2.12. The zero-order valence-corrected chi connectivity index (χ0v) is 10.9. The Morgan fingerprint density at radius 2 is 2.19 bits per heavy atom. The molecule has 0 fully saturated rings. The molecule has 4 nitrogen and oxygen atoms in total. The van der Waals surface area contributed by atoms with Crippen molar-refractivity contribution in [2.75, 3.05) is 5.75 Å².